The maximum absolute atomic E-state index is 11.9. The van der Waals surface area contributed by atoms with Crippen molar-refractivity contribution in [2.45, 2.75) is 46.1 Å². The van der Waals surface area contributed by atoms with Crippen LogP contribution < -0.4 is 5.56 Å². The number of aromatic nitrogens is 1. The highest BCUT2D eigenvalue weighted by molar-refractivity contribution is 5.97. The Morgan fingerprint density at radius 1 is 1.29 bits per heavy atom. The number of hydrogen-bond donors (Lipinski definition) is 0. The molecule has 0 radical (unpaired) electrons. The lowest BCUT2D eigenvalue weighted by atomic mass is 9.94. The molecule has 3 nitrogen and oxygen atoms in total. The molecule has 0 fully saturated rings. The fourth-order valence-corrected chi connectivity index (χ4v) is 2.33. The Morgan fingerprint density at radius 2 is 2.06 bits per heavy atom. The van der Waals surface area contributed by atoms with Crippen LogP contribution in [0.2, 0.25) is 0 Å². The normalized spacial score (nSPS) is 16.7. The van der Waals surface area contributed by atoms with E-state index in [1.165, 1.54) is 6.07 Å². The predicted molar refractivity (Wildman–Crippen MR) is 67.4 cm³/mol. The van der Waals surface area contributed by atoms with Crippen LogP contribution in [0.25, 0.3) is 0 Å². The first kappa shape index (κ1) is 12.1. The molecule has 3 heteroatoms. The molecule has 0 saturated heterocycles. The summed E-state index contributed by atoms with van der Waals surface area (Å²) in [4.78, 5) is 23.7. The molecule has 1 aromatic heterocycles. The van der Waals surface area contributed by atoms with Gasteiger partial charge in [-0.15, -0.1) is 0 Å². The Balaban J connectivity index is 2.46. The summed E-state index contributed by atoms with van der Waals surface area (Å²) in [7, 11) is 0. The lowest BCUT2D eigenvalue weighted by Crippen LogP contribution is -2.29. The molecule has 17 heavy (non-hydrogen) atoms. The third-order valence-electron chi connectivity index (χ3n) is 3.60. The molecule has 0 bridgehead atoms. The Morgan fingerprint density at radius 3 is 2.76 bits per heavy atom. The minimum absolute atomic E-state index is 0.0266. The molecule has 1 aromatic rings. The van der Waals surface area contributed by atoms with E-state index in [1.54, 1.807) is 10.6 Å². The second-order valence-electron chi connectivity index (χ2n) is 4.93. The second kappa shape index (κ2) is 4.86. The average Bonchev–Trinajstić information content (AvgIpc) is 2.33. The highest BCUT2D eigenvalue weighted by Gasteiger charge is 2.20. The average molecular weight is 233 g/mol. The quantitative estimate of drug-likeness (QED) is 0.804. The zero-order valence-corrected chi connectivity index (χ0v) is 10.5. The van der Waals surface area contributed by atoms with E-state index < -0.39 is 0 Å². The number of hydrogen-bond acceptors (Lipinski definition) is 2. The highest BCUT2D eigenvalue weighted by atomic mass is 16.1. The molecule has 1 aliphatic carbocycles. The summed E-state index contributed by atoms with van der Waals surface area (Å²) in [6, 6.07) is 3.23. The van der Waals surface area contributed by atoms with E-state index >= 15 is 0 Å². The number of carbonyl (C=O) groups is 1. The van der Waals surface area contributed by atoms with Gasteiger partial charge in [-0.05, 0) is 24.8 Å². The first-order valence-corrected chi connectivity index (χ1v) is 6.39. The van der Waals surface area contributed by atoms with Crippen LogP contribution in [0.4, 0.5) is 0 Å². The van der Waals surface area contributed by atoms with Crippen LogP contribution >= 0.6 is 0 Å². The van der Waals surface area contributed by atoms with E-state index in [0.717, 1.165) is 37.1 Å². The molecule has 0 amide bonds. The van der Waals surface area contributed by atoms with Gasteiger partial charge in [0, 0.05) is 30.3 Å². The van der Waals surface area contributed by atoms with Crippen LogP contribution in [0.5, 0.6) is 0 Å². The number of pyridine rings is 1. The zero-order chi connectivity index (χ0) is 12.4. The van der Waals surface area contributed by atoms with E-state index in [1.807, 2.05) is 0 Å². The summed E-state index contributed by atoms with van der Waals surface area (Å²) < 4.78 is 1.81. The number of carbonyl (C=O) groups excluding carboxylic acids is 1. The molecule has 1 heterocycles. The maximum atomic E-state index is 11.9. The largest absolute Gasteiger partial charge is 0.312 e. The van der Waals surface area contributed by atoms with Gasteiger partial charge in [0.25, 0.3) is 5.56 Å². The van der Waals surface area contributed by atoms with E-state index in [4.69, 9.17) is 0 Å². The topological polar surface area (TPSA) is 39.1 Å². The van der Waals surface area contributed by atoms with Gasteiger partial charge in [0.2, 0.25) is 0 Å². The number of nitrogens with zero attached hydrogens (tertiary/aromatic N) is 1. The van der Waals surface area contributed by atoms with E-state index in [-0.39, 0.29) is 11.3 Å². The fraction of sp³-hybridized carbons (Fsp3) is 0.571. The van der Waals surface area contributed by atoms with Gasteiger partial charge in [0.1, 0.15) is 0 Å². The lowest BCUT2D eigenvalue weighted by Gasteiger charge is -2.21. The third-order valence-corrected chi connectivity index (χ3v) is 3.60. The number of ketones is 1. The molecule has 92 valence electrons. The van der Waals surface area contributed by atoms with Gasteiger partial charge in [0.15, 0.2) is 5.78 Å². The minimum Gasteiger partial charge on any atom is -0.312 e. The van der Waals surface area contributed by atoms with Crippen molar-refractivity contribution in [1.82, 2.24) is 4.57 Å². The maximum Gasteiger partial charge on any atom is 0.250 e. The van der Waals surface area contributed by atoms with Crippen LogP contribution in [-0.2, 0) is 13.0 Å². The Kier molecular flexibility index (Phi) is 3.46. The first-order chi connectivity index (χ1) is 8.13. The Hall–Kier alpha value is -1.38. The van der Waals surface area contributed by atoms with Crippen LogP contribution in [0.3, 0.4) is 0 Å². The van der Waals surface area contributed by atoms with Gasteiger partial charge in [-0.2, -0.15) is 0 Å². The summed E-state index contributed by atoms with van der Waals surface area (Å²) in [6.07, 6.45) is 3.39. The summed E-state index contributed by atoms with van der Waals surface area (Å²) in [5.74, 6) is 0.653. The molecule has 2 rings (SSSR count). The molecule has 0 aliphatic heterocycles. The van der Waals surface area contributed by atoms with Crippen LogP contribution in [-0.4, -0.2) is 10.4 Å². The second-order valence-corrected chi connectivity index (χ2v) is 4.93. The van der Waals surface area contributed by atoms with Crippen molar-refractivity contribution in [3.8, 4) is 0 Å². The number of Topliss-reactive ketones (excluding diaryl/α,β-unsaturated/α-hetero) is 1. The van der Waals surface area contributed by atoms with Crippen LogP contribution in [0, 0.1) is 5.92 Å². The monoisotopic (exact) mass is 233 g/mol. The summed E-state index contributed by atoms with van der Waals surface area (Å²) in [5, 5.41) is 0. The summed E-state index contributed by atoms with van der Waals surface area (Å²) in [5.41, 5.74) is 1.74. The molecule has 1 atom stereocenters. The van der Waals surface area contributed by atoms with Crippen molar-refractivity contribution >= 4 is 5.78 Å². The molecular formula is C14H19NO2. The predicted octanol–water partition coefficient (Wildman–Crippen LogP) is 2.41. The molecule has 0 aromatic carbocycles. The standard InChI is InChI=1S/C14H19NO2/c1-3-10(2)9-15-12-5-4-6-13(16)11(12)7-8-14(15)17/h7-8,10H,3-6,9H2,1-2H3. The summed E-state index contributed by atoms with van der Waals surface area (Å²) >= 11 is 0. The van der Waals surface area contributed by atoms with E-state index in [2.05, 4.69) is 13.8 Å². The molecule has 0 N–H and O–H groups in total. The van der Waals surface area contributed by atoms with Crippen molar-refractivity contribution in [2.75, 3.05) is 0 Å². The zero-order valence-electron chi connectivity index (χ0n) is 10.5. The minimum atomic E-state index is 0.0266. The van der Waals surface area contributed by atoms with Gasteiger partial charge in [-0.3, -0.25) is 9.59 Å². The van der Waals surface area contributed by atoms with Crippen LogP contribution in [0.1, 0.15) is 49.2 Å². The van der Waals surface area contributed by atoms with E-state index in [9.17, 15) is 9.59 Å². The first-order valence-electron chi connectivity index (χ1n) is 6.39. The molecule has 0 saturated carbocycles. The molecule has 1 unspecified atom stereocenters. The Bertz CT molecular complexity index is 487. The van der Waals surface area contributed by atoms with Gasteiger partial charge >= 0.3 is 0 Å². The fourth-order valence-electron chi connectivity index (χ4n) is 2.33. The van der Waals surface area contributed by atoms with Gasteiger partial charge < -0.3 is 4.57 Å². The SMILES string of the molecule is CCC(C)Cn1c2c(ccc1=O)C(=O)CCC2. The highest BCUT2D eigenvalue weighted by Crippen LogP contribution is 2.20. The third kappa shape index (κ3) is 2.33. The lowest BCUT2D eigenvalue weighted by molar-refractivity contribution is 0.0970. The summed E-state index contributed by atoms with van der Waals surface area (Å²) in [6.45, 7) is 4.98. The molecule has 0 spiro atoms. The van der Waals surface area contributed by atoms with Gasteiger partial charge in [0.05, 0.1) is 0 Å². The number of fused-ring (bicyclic) bond motifs is 1. The molecular weight excluding hydrogens is 214 g/mol. The van der Waals surface area contributed by atoms with Crippen molar-refractivity contribution < 1.29 is 4.79 Å². The van der Waals surface area contributed by atoms with Crippen molar-refractivity contribution in [1.29, 1.82) is 0 Å². The van der Waals surface area contributed by atoms with Crippen molar-refractivity contribution in [3.05, 3.63) is 33.7 Å². The van der Waals surface area contributed by atoms with Crippen molar-refractivity contribution in [2.24, 2.45) is 5.92 Å². The number of rotatable bonds is 3. The van der Waals surface area contributed by atoms with Gasteiger partial charge in [-0.25, -0.2) is 0 Å². The Labute approximate surface area is 101 Å². The van der Waals surface area contributed by atoms with Crippen LogP contribution in [0.15, 0.2) is 16.9 Å². The van der Waals surface area contributed by atoms with Gasteiger partial charge in [-0.1, -0.05) is 20.3 Å². The van der Waals surface area contributed by atoms with Crippen molar-refractivity contribution in [3.63, 3.8) is 0 Å². The van der Waals surface area contributed by atoms with E-state index in [0.29, 0.717) is 12.3 Å². The molecule has 1 aliphatic rings. The smallest absolute Gasteiger partial charge is 0.250 e.